The Kier molecular flexibility index (Phi) is 2.43. The van der Waals surface area contributed by atoms with Gasteiger partial charge < -0.3 is 4.90 Å². The van der Waals surface area contributed by atoms with E-state index >= 15 is 0 Å². The Labute approximate surface area is 69.8 Å². The van der Waals surface area contributed by atoms with Gasteiger partial charge in [-0.15, -0.1) is 6.42 Å². The zero-order chi connectivity index (χ0) is 8.97. The number of nitrogens with one attached hydrogen (secondary N) is 1. The molecule has 1 N–H and O–H groups in total. The number of H-pyrrole nitrogens is 1. The molecule has 1 rings (SSSR count). The number of nitrogens with zero attached hydrogens (tertiary/aromatic N) is 3. The number of carbonyl (C=O) groups is 1. The average molecular weight is 164 g/mol. The van der Waals surface area contributed by atoms with E-state index in [1.165, 1.54) is 11.2 Å². The van der Waals surface area contributed by atoms with E-state index in [-0.39, 0.29) is 18.3 Å². The maximum Gasteiger partial charge on any atom is 0.291 e. The fourth-order valence-electron chi connectivity index (χ4n) is 0.698. The number of aromatic nitrogens is 3. The van der Waals surface area contributed by atoms with Crippen LogP contribution in [0.2, 0.25) is 0 Å². The van der Waals surface area contributed by atoms with Gasteiger partial charge in [0.25, 0.3) is 5.91 Å². The van der Waals surface area contributed by atoms with Crippen molar-refractivity contribution in [1.29, 1.82) is 0 Å². The fourth-order valence-corrected chi connectivity index (χ4v) is 0.698. The Bertz CT molecular complexity index is 298. The topological polar surface area (TPSA) is 61.9 Å². The Hall–Kier alpha value is -1.83. The third-order valence-electron chi connectivity index (χ3n) is 1.29. The molecule has 5 nitrogen and oxygen atoms in total. The van der Waals surface area contributed by atoms with Gasteiger partial charge in [-0.1, -0.05) is 5.92 Å². The smallest absolute Gasteiger partial charge is 0.291 e. The summed E-state index contributed by atoms with van der Waals surface area (Å²) in [5.74, 6) is 2.30. The van der Waals surface area contributed by atoms with E-state index in [0.717, 1.165) is 0 Å². The molecule has 12 heavy (non-hydrogen) atoms. The molecular weight excluding hydrogens is 156 g/mol. The van der Waals surface area contributed by atoms with Crippen molar-refractivity contribution < 1.29 is 4.79 Å². The van der Waals surface area contributed by atoms with Gasteiger partial charge >= 0.3 is 0 Å². The summed E-state index contributed by atoms with van der Waals surface area (Å²) < 4.78 is 0. The van der Waals surface area contributed by atoms with Gasteiger partial charge in [0.1, 0.15) is 6.33 Å². The van der Waals surface area contributed by atoms with Gasteiger partial charge in [0.2, 0.25) is 5.82 Å². The van der Waals surface area contributed by atoms with Crippen LogP contribution in [0.3, 0.4) is 0 Å². The number of carbonyl (C=O) groups excluding carboxylic acids is 1. The Morgan fingerprint density at radius 3 is 3.17 bits per heavy atom. The lowest BCUT2D eigenvalue weighted by atomic mass is 10.5. The molecule has 1 aromatic rings. The molecular formula is C7H8N4O. The molecule has 1 heterocycles. The Balaban J connectivity index is 2.67. The number of terminal acetylenes is 1. The van der Waals surface area contributed by atoms with Gasteiger partial charge in [-0.05, 0) is 0 Å². The third-order valence-corrected chi connectivity index (χ3v) is 1.29. The number of hydrogen-bond donors (Lipinski definition) is 1. The highest BCUT2D eigenvalue weighted by atomic mass is 16.2. The predicted octanol–water partition coefficient (Wildman–Crippen LogP) is -0.490. The average Bonchev–Trinajstić information content (AvgIpc) is 2.55. The van der Waals surface area contributed by atoms with Crippen LogP contribution in [0.15, 0.2) is 6.33 Å². The van der Waals surface area contributed by atoms with Crippen LogP contribution >= 0.6 is 0 Å². The van der Waals surface area contributed by atoms with Gasteiger partial charge in [-0.25, -0.2) is 4.98 Å². The summed E-state index contributed by atoms with van der Waals surface area (Å²) in [6, 6.07) is 0. The number of rotatable bonds is 2. The minimum atomic E-state index is -0.259. The summed E-state index contributed by atoms with van der Waals surface area (Å²) in [7, 11) is 1.60. The summed E-state index contributed by atoms with van der Waals surface area (Å²) in [6.45, 7) is 0.263. The molecule has 0 aliphatic carbocycles. The third kappa shape index (κ3) is 1.61. The molecule has 0 radical (unpaired) electrons. The Morgan fingerprint density at radius 2 is 2.67 bits per heavy atom. The molecule has 0 bridgehead atoms. The fraction of sp³-hybridized carbons (Fsp3) is 0.286. The lowest BCUT2D eigenvalue weighted by Gasteiger charge is -2.10. The Morgan fingerprint density at radius 1 is 1.92 bits per heavy atom. The van der Waals surface area contributed by atoms with Crippen LogP contribution in [0.1, 0.15) is 10.6 Å². The van der Waals surface area contributed by atoms with E-state index in [9.17, 15) is 4.79 Å². The summed E-state index contributed by atoms with van der Waals surface area (Å²) in [5.41, 5.74) is 0. The summed E-state index contributed by atoms with van der Waals surface area (Å²) in [4.78, 5) is 16.4. The number of hydrogen-bond acceptors (Lipinski definition) is 3. The summed E-state index contributed by atoms with van der Waals surface area (Å²) in [6.07, 6.45) is 6.31. The number of aromatic amines is 1. The minimum absolute atomic E-state index is 0.202. The molecule has 0 aromatic carbocycles. The van der Waals surface area contributed by atoms with Crippen molar-refractivity contribution in [1.82, 2.24) is 20.1 Å². The van der Waals surface area contributed by atoms with Crippen LogP contribution < -0.4 is 0 Å². The lowest BCUT2D eigenvalue weighted by Crippen LogP contribution is -2.27. The standard InChI is InChI=1S/C7H8N4O/c1-3-4-11(2)7(12)6-8-5-9-10-6/h1,5H,4H2,2H3,(H,8,9,10). The molecule has 1 aromatic heterocycles. The maximum atomic E-state index is 11.3. The zero-order valence-electron chi connectivity index (χ0n) is 6.61. The van der Waals surface area contributed by atoms with Crippen molar-refractivity contribution in [2.45, 2.75) is 0 Å². The van der Waals surface area contributed by atoms with Crippen molar-refractivity contribution in [3.8, 4) is 12.3 Å². The maximum absolute atomic E-state index is 11.3. The SMILES string of the molecule is C#CCN(C)C(=O)c1ncn[nH]1. The first-order valence-electron chi connectivity index (χ1n) is 3.30. The largest absolute Gasteiger partial charge is 0.328 e. The number of amides is 1. The minimum Gasteiger partial charge on any atom is -0.328 e. The van der Waals surface area contributed by atoms with Crippen LogP contribution in [-0.2, 0) is 0 Å². The van der Waals surface area contributed by atoms with E-state index in [1.54, 1.807) is 7.05 Å². The molecule has 0 saturated heterocycles. The first-order valence-corrected chi connectivity index (χ1v) is 3.30. The van der Waals surface area contributed by atoms with Crippen LogP contribution in [0.5, 0.6) is 0 Å². The molecule has 1 amide bonds. The second-order valence-electron chi connectivity index (χ2n) is 2.20. The van der Waals surface area contributed by atoms with Crippen molar-refractivity contribution in [3.05, 3.63) is 12.2 Å². The molecule has 0 spiro atoms. The van der Waals surface area contributed by atoms with E-state index in [1.807, 2.05) is 0 Å². The van der Waals surface area contributed by atoms with Gasteiger partial charge in [0.05, 0.1) is 6.54 Å². The highest BCUT2D eigenvalue weighted by Crippen LogP contribution is 1.92. The van der Waals surface area contributed by atoms with Gasteiger partial charge in [0, 0.05) is 7.05 Å². The second kappa shape index (κ2) is 3.53. The quantitative estimate of drug-likeness (QED) is 0.600. The van der Waals surface area contributed by atoms with Gasteiger partial charge in [-0.3, -0.25) is 9.89 Å². The first-order chi connectivity index (χ1) is 5.75. The van der Waals surface area contributed by atoms with Crippen LogP contribution in [0.25, 0.3) is 0 Å². The highest BCUT2D eigenvalue weighted by Gasteiger charge is 2.12. The second-order valence-corrected chi connectivity index (χ2v) is 2.20. The summed E-state index contributed by atoms with van der Waals surface area (Å²) >= 11 is 0. The monoisotopic (exact) mass is 164 g/mol. The van der Waals surface area contributed by atoms with Crippen LogP contribution in [0.4, 0.5) is 0 Å². The van der Waals surface area contributed by atoms with E-state index in [4.69, 9.17) is 6.42 Å². The van der Waals surface area contributed by atoms with Gasteiger partial charge in [-0.2, -0.15) is 5.10 Å². The van der Waals surface area contributed by atoms with E-state index in [2.05, 4.69) is 21.1 Å². The summed E-state index contributed by atoms with van der Waals surface area (Å²) in [5, 5.41) is 6.01. The molecule has 5 heteroatoms. The molecule has 0 fully saturated rings. The molecule has 0 saturated carbocycles. The molecule has 0 aliphatic heterocycles. The van der Waals surface area contributed by atoms with E-state index in [0.29, 0.717) is 0 Å². The van der Waals surface area contributed by atoms with Crippen LogP contribution in [-0.4, -0.2) is 39.6 Å². The highest BCUT2D eigenvalue weighted by molar-refractivity contribution is 5.90. The molecule has 0 atom stereocenters. The van der Waals surface area contributed by atoms with Gasteiger partial charge in [0.15, 0.2) is 0 Å². The van der Waals surface area contributed by atoms with Crippen molar-refractivity contribution >= 4 is 5.91 Å². The van der Waals surface area contributed by atoms with E-state index < -0.39 is 0 Å². The van der Waals surface area contributed by atoms with Crippen molar-refractivity contribution in [3.63, 3.8) is 0 Å². The van der Waals surface area contributed by atoms with Crippen molar-refractivity contribution in [2.24, 2.45) is 0 Å². The van der Waals surface area contributed by atoms with Crippen molar-refractivity contribution in [2.75, 3.05) is 13.6 Å². The molecule has 62 valence electrons. The molecule has 0 aliphatic rings. The van der Waals surface area contributed by atoms with Crippen LogP contribution in [0, 0.1) is 12.3 Å². The lowest BCUT2D eigenvalue weighted by molar-refractivity contribution is 0.0801. The first kappa shape index (κ1) is 8.27. The predicted molar refractivity (Wildman–Crippen MR) is 42.2 cm³/mol. The molecule has 0 unspecified atom stereocenters. The zero-order valence-corrected chi connectivity index (χ0v) is 6.61. The normalized spacial score (nSPS) is 9.00.